The van der Waals surface area contributed by atoms with Crippen molar-refractivity contribution in [2.45, 2.75) is 0 Å². The van der Waals surface area contributed by atoms with E-state index in [0.29, 0.717) is 16.7 Å². The highest BCUT2D eigenvalue weighted by molar-refractivity contribution is 7.13. The molecule has 1 N–H and O–H groups in total. The van der Waals surface area contributed by atoms with E-state index >= 15 is 0 Å². The van der Waals surface area contributed by atoms with Gasteiger partial charge in [-0.2, -0.15) is 0 Å². The van der Waals surface area contributed by atoms with Crippen LogP contribution < -0.4 is 0 Å². The number of thiophene rings is 1. The molecule has 0 unspecified atom stereocenters. The lowest BCUT2D eigenvalue weighted by Gasteiger charge is -1.86. The normalized spacial score (nSPS) is 18.8. The average Bonchev–Trinajstić information content (AvgIpc) is 2.58. The molecule has 4 heteroatoms. The molecule has 1 aromatic heterocycles. The summed E-state index contributed by atoms with van der Waals surface area (Å²) in [6, 6.07) is 1.59. The van der Waals surface area contributed by atoms with Gasteiger partial charge in [0.05, 0.1) is 11.1 Å². The minimum Gasteiger partial charge on any atom is -0.515 e. The van der Waals surface area contributed by atoms with Crippen LogP contribution in [-0.4, -0.2) is 16.7 Å². The van der Waals surface area contributed by atoms with Gasteiger partial charge in [-0.1, -0.05) is 0 Å². The zero-order chi connectivity index (χ0) is 8.72. The number of rotatable bonds is 0. The third kappa shape index (κ3) is 0.698. The summed E-state index contributed by atoms with van der Waals surface area (Å²) in [5.41, 5.74) is 0.280. The number of aliphatic hydroxyl groups is 1. The Hall–Kier alpha value is -1.42. The van der Waals surface area contributed by atoms with Crippen molar-refractivity contribution in [2.75, 3.05) is 0 Å². The Morgan fingerprint density at radius 3 is 2.67 bits per heavy atom. The second-order valence-corrected chi connectivity index (χ2v) is 3.28. The quantitative estimate of drug-likeness (QED) is 0.374. The smallest absolute Gasteiger partial charge is 0.210 e. The Balaban J connectivity index is 2.68. The van der Waals surface area contributed by atoms with Gasteiger partial charge in [-0.25, -0.2) is 0 Å². The lowest BCUT2D eigenvalue weighted by molar-refractivity contribution is 0.0985. The Morgan fingerprint density at radius 2 is 2.08 bits per heavy atom. The summed E-state index contributed by atoms with van der Waals surface area (Å²) in [7, 11) is 0. The summed E-state index contributed by atoms with van der Waals surface area (Å²) in [4.78, 5) is 22.9. The zero-order valence-corrected chi connectivity index (χ0v) is 6.72. The number of fused-ring (bicyclic) bond motifs is 1. The number of aliphatic hydroxyl groups excluding tert-OH is 1. The lowest BCUT2D eigenvalue weighted by atomic mass is 10.2. The molecule has 3 nitrogen and oxygen atoms in total. The molecule has 1 heterocycles. The molecule has 12 heavy (non-hydrogen) atoms. The van der Waals surface area contributed by atoms with Crippen molar-refractivity contribution < 1.29 is 14.7 Å². The first-order chi connectivity index (χ1) is 5.75. The van der Waals surface area contributed by atoms with E-state index in [9.17, 15) is 9.59 Å². The van der Waals surface area contributed by atoms with Crippen molar-refractivity contribution in [1.29, 1.82) is 0 Å². The average molecular weight is 180 g/mol. The molecular weight excluding hydrogens is 176 g/mol. The molecular formula is C8H4O3S. The minimum atomic E-state index is -0.376. The molecule has 2 rings (SSSR count). The molecule has 1 aromatic rings. The largest absolute Gasteiger partial charge is 0.515 e. The van der Waals surface area contributed by atoms with Gasteiger partial charge in [0, 0.05) is 5.56 Å². The second-order valence-electron chi connectivity index (χ2n) is 2.36. The van der Waals surface area contributed by atoms with Crippen LogP contribution in [0.4, 0.5) is 0 Å². The maximum Gasteiger partial charge on any atom is 0.210 e. The first kappa shape index (κ1) is 7.24. The van der Waals surface area contributed by atoms with Crippen molar-refractivity contribution in [3.63, 3.8) is 0 Å². The Kier molecular flexibility index (Phi) is 1.38. The van der Waals surface area contributed by atoms with Crippen molar-refractivity contribution in [3.8, 4) is 0 Å². The first-order valence-corrected chi connectivity index (χ1v) is 4.15. The Bertz CT molecular complexity index is 368. The van der Waals surface area contributed by atoms with E-state index in [1.54, 1.807) is 11.4 Å². The van der Waals surface area contributed by atoms with Crippen LogP contribution >= 0.6 is 11.3 Å². The van der Waals surface area contributed by atoms with E-state index in [1.165, 1.54) is 11.3 Å². The Labute approximate surface area is 72.0 Å². The Morgan fingerprint density at radius 1 is 1.33 bits per heavy atom. The van der Waals surface area contributed by atoms with Gasteiger partial charge in [0.2, 0.25) is 11.6 Å². The van der Waals surface area contributed by atoms with Gasteiger partial charge in [-0.15, -0.1) is 11.3 Å². The molecule has 0 atom stereocenters. The van der Waals surface area contributed by atoms with E-state index in [-0.39, 0.29) is 17.1 Å². The van der Waals surface area contributed by atoms with Crippen LogP contribution in [0.5, 0.6) is 0 Å². The summed E-state index contributed by atoms with van der Waals surface area (Å²) in [6.07, 6.45) is 0.581. The number of carbonyl (C=O) groups is 2. The zero-order valence-electron chi connectivity index (χ0n) is 5.90. The van der Waals surface area contributed by atoms with Crippen molar-refractivity contribution in [2.24, 2.45) is 0 Å². The number of hydrogen-bond donors (Lipinski definition) is 1. The van der Waals surface area contributed by atoms with Gasteiger partial charge in [0.25, 0.3) is 0 Å². The predicted octanol–water partition coefficient (Wildman–Crippen LogP) is 1.57. The van der Waals surface area contributed by atoms with Crippen LogP contribution in [0.15, 0.2) is 23.3 Å². The minimum absolute atomic E-state index is 0.128. The molecule has 0 amide bonds. The van der Waals surface area contributed by atoms with Crippen LogP contribution in [0.25, 0.3) is 0 Å². The maximum atomic E-state index is 11.3. The van der Waals surface area contributed by atoms with Gasteiger partial charge in [-0.05, 0) is 11.4 Å². The van der Waals surface area contributed by atoms with Crippen LogP contribution in [0.2, 0.25) is 0 Å². The number of allylic oxidation sites excluding steroid dienone is 1. The number of Topliss-reactive ketones (excluding diaryl/α,β-unsaturated/α-hetero) is 2. The van der Waals surface area contributed by atoms with Crippen molar-refractivity contribution in [3.05, 3.63) is 33.7 Å². The molecule has 0 radical (unpaired) electrons. The topological polar surface area (TPSA) is 54.4 Å². The lowest BCUT2D eigenvalue weighted by Crippen LogP contribution is -2.00. The van der Waals surface area contributed by atoms with Crippen molar-refractivity contribution >= 4 is 22.9 Å². The maximum absolute atomic E-state index is 11.3. The molecule has 0 bridgehead atoms. The predicted molar refractivity (Wildman–Crippen MR) is 43.7 cm³/mol. The van der Waals surface area contributed by atoms with E-state index in [1.807, 2.05) is 0 Å². The van der Waals surface area contributed by atoms with Gasteiger partial charge in [-0.3, -0.25) is 9.59 Å². The van der Waals surface area contributed by atoms with Gasteiger partial charge < -0.3 is 5.11 Å². The molecule has 0 fully saturated rings. The fraction of sp³-hybridized carbons (Fsp3) is 0. The molecule has 0 saturated carbocycles. The summed E-state index contributed by atoms with van der Waals surface area (Å²) >= 11 is 1.22. The van der Waals surface area contributed by atoms with Gasteiger partial charge in [0.15, 0.2) is 0 Å². The van der Waals surface area contributed by atoms with Crippen LogP contribution in [0.3, 0.4) is 0 Å². The molecule has 1 aliphatic rings. The third-order valence-electron chi connectivity index (χ3n) is 1.73. The van der Waals surface area contributed by atoms with Gasteiger partial charge >= 0.3 is 0 Å². The number of hydrogen-bond acceptors (Lipinski definition) is 4. The van der Waals surface area contributed by atoms with E-state index < -0.39 is 0 Å². The molecule has 60 valence electrons. The first-order valence-electron chi connectivity index (χ1n) is 3.27. The molecule has 0 aliphatic heterocycles. The summed E-state index contributed by atoms with van der Waals surface area (Å²) in [5, 5.41) is 10.3. The monoisotopic (exact) mass is 180 g/mol. The van der Waals surface area contributed by atoms with Gasteiger partial charge in [0.1, 0.15) is 5.57 Å². The highest BCUT2D eigenvalue weighted by Crippen LogP contribution is 2.29. The standard InChI is InChI=1S/C8H4O3S/c9-3-5-6(10)4-1-2-12-8(4)7(5)11/h1-3,9H/b5-3+. The molecule has 1 aliphatic carbocycles. The molecule has 0 aromatic carbocycles. The van der Waals surface area contributed by atoms with E-state index in [4.69, 9.17) is 5.11 Å². The van der Waals surface area contributed by atoms with Crippen LogP contribution in [-0.2, 0) is 0 Å². The summed E-state index contributed by atoms with van der Waals surface area (Å²) < 4.78 is 0. The van der Waals surface area contributed by atoms with E-state index in [0.717, 1.165) is 0 Å². The SMILES string of the molecule is O=C1/C(=C\O)C(=O)c2sccc21. The highest BCUT2D eigenvalue weighted by atomic mass is 32.1. The third-order valence-corrected chi connectivity index (χ3v) is 2.65. The molecule has 0 spiro atoms. The molecule has 0 saturated heterocycles. The van der Waals surface area contributed by atoms with Crippen molar-refractivity contribution in [1.82, 2.24) is 0 Å². The summed E-state index contributed by atoms with van der Waals surface area (Å²) in [6.45, 7) is 0. The van der Waals surface area contributed by atoms with Crippen LogP contribution in [0.1, 0.15) is 20.0 Å². The van der Waals surface area contributed by atoms with Crippen LogP contribution in [0, 0.1) is 0 Å². The highest BCUT2D eigenvalue weighted by Gasteiger charge is 2.34. The van der Waals surface area contributed by atoms with E-state index in [2.05, 4.69) is 0 Å². The summed E-state index contributed by atoms with van der Waals surface area (Å²) in [5.74, 6) is -0.744. The number of carbonyl (C=O) groups excluding carboxylic acids is 2. The number of ketones is 2. The fourth-order valence-corrected chi connectivity index (χ4v) is 2.00. The fourth-order valence-electron chi connectivity index (χ4n) is 1.15. The second kappa shape index (κ2) is 2.28.